The molecule has 0 bridgehead atoms. The molecule has 2 aliphatic rings. The molecule has 1 aliphatic heterocycles. The fraction of sp³-hybridized carbons (Fsp3) is 0.350. The lowest BCUT2D eigenvalue weighted by Gasteiger charge is -2.30. The highest BCUT2D eigenvalue weighted by Gasteiger charge is 2.29. The van der Waals surface area contributed by atoms with E-state index in [9.17, 15) is 0 Å². The Morgan fingerprint density at radius 1 is 1.11 bits per heavy atom. The number of likely N-dealkylation sites (N-methyl/N-ethyl adjacent to an activating group) is 1. The number of pyridine rings is 1. The average molecular weight is 364 g/mol. The van der Waals surface area contributed by atoms with Gasteiger partial charge in [0.15, 0.2) is 23.4 Å². The Bertz CT molecular complexity index is 936. The Morgan fingerprint density at radius 3 is 2.74 bits per heavy atom. The second-order valence-electron chi connectivity index (χ2n) is 7.02. The normalized spacial score (nSPS) is 18.3. The molecule has 0 N–H and O–H groups in total. The Kier molecular flexibility index (Phi) is 3.92. The third-order valence-corrected chi connectivity index (χ3v) is 4.82. The fourth-order valence-corrected chi connectivity index (χ4v) is 3.15. The molecule has 0 amide bonds. The largest absolute Gasteiger partial charge is 0.486 e. The molecule has 1 fully saturated rings. The van der Waals surface area contributed by atoms with E-state index in [1.54, 1.807) is 6.20 Å². The van der Waals surface area contributed by atoms with Gasteiger partial charge < -0.3 is 18.9 Å². The van der Waals surface area contributed by atoms with E-state index in [1.165, 1.54) is 0 Å². The van der Waals surface area contributed by atoms with Crippen LogP contribution < -0.4 is 14.4 Å². The zero-order valence-electron chi connectivity index (χ0n) is 15.0. The maximum absolute atomic E-state index is 6.02. The Morgan fingerprint density at radius 2 is 1.96 bits per heavy atom. The molecule has 1 aliphatic carbocycles. The van der Waals surface area contributed by atoms with Crippen LogP contribution in [0.1, 0.15) is 24.6 Å². The molecule has 0 spiro atoms. The van der Waals surface area contributed by atoms with Gasteiger partial charge in [0.05, 0.1) is 12.1 Å². The molecule has 3 heterocycles. The minimum Gasteiger partial charge on any atom is -0.486 e. The van der Waals surface area contributed by atoms with Gasteiger partial charge in [-0.05, 0) is 37.1 Å². The highest BCUT2D eigenvalue weighted by atomic mass is 16.6. The first-order valence-corrected chi connectivity index (χ1v) is 9.16. The predicted molar refractivity (Wildman–Crippen MR) is 99.1 cm³/mol. The van der Waals surface area contributed by atoms with Crippen molar-refractivity contribution in [2.75, 3.05) is 25.1 Å². The number of ether oxygens (including phenoxy) is 2. The maximum Gasteiger partial charge on any atom is 0.259 e. The van der Waals surface area contributed by atoms with Crippen molar-refractivity contribution in [1.29, 1.82) is 0 Å². The number of nitrogens with zero attached hydrogens (tertiary/aromatic N) is 4. The van der Waals surface area contributed by atoms with Crippen molar-refractivity contribution < 1.29 is 14.0 Å². The predicted octanol–water partition coefficient (Wildman–Crippen LogP) is 3.29. The van der Waals surface area contributed by atoms with E-state index in [0.29, 0.717) is 25.0 Å². The zero-order valence-corrected chi connectivity index (χ0v) is 15.0. The van der Waals surface area contributed by atoms with E-state index in [-0.39, 0.29) is 6.10 Å². The molecular formula is C20H20N4O3. The van der Waals surface area contributed by atoms with Crippen molar-refractivity contribution in [3.63, 3.8) is 0 Å². The summed E-state index contributed by atoms with van der Waals surface area (Å²) in [6, 6.07) is 11.6. The third-order valence-electron chi connectivity index (χ3n) is 4.82. The standard InChI is InChI=1S/C20H20N4O3/c1-24(11-15-12-25-16-4-2-3-5-17(16)26-15)18-9-8-14(10-21-18)20-22-19(23-27-20)13-6-7-13/h2-5,8-10,13,15H,6-7,11-12H2,1H3/t15-/m1/s1. The van der Waals surface area contributed by atoms with Crippen LogP contribution in [0.4, 0.5) is 5.82 Å². The molecule has 0 unspecified atom stereocenters. The Labute approximate surface area is 156 Å². The van der Waals surface area contributed by atoms with Crippen molar-refractivity contribution in [3.8, 4) is 23.0 Å². The molecule has 1 saturated carbocycles. The minimum absolute atomic E-state index is 0.0524. The van der Waals surface area contributed by atoms with E-state index in [2.05, 4.69) is 20.0 Å². The number of aromatic nitrogens is 3. The lowest BCUT2D eigenvalue weighted by atomic mass is 10.2. The van der Waals surface area contributed by atoms with Crippen molar-refractivity contribution in [2.24, 2.45) is 0 Å². The number of fused-ring (bicyclic) bond motifs is 1. The van der Waals surface area contributed by atoms with Gasteiger partial charge in [-0.15, -0.1) is 0 Å². The molecule has 7 heteroatoms. The molecule has 1 atom stereocenters. The van der Waals surface area contributed by atoms with Gasteiger partial charge in [0.2, 0.25) is 0 Å². The van der Waals surface area contributed by atoms with E-state index < -0.39 is 0 Å². The van der Waals surface area contributed by atoms with Crippen LogP contribution in [0.3, 0.4) is 0 Å². The summed E-state index contributed by atoms with van der Waals surface area (Å²) >= 11 is 0. The monoisotopic (exact) mass is 364 g/mol. The molecule has 5 rings (SSSR count). The van der Waals surface area contributed by atoms with Crippen LogP contribution in [-0.4, -0.2) is 41.4 Å². The van der Waals surface area contributed by atoms with Gasteiger partial charge in [0, 0.05) is 19.2 Å². The quantitative estimate of drug-likeness (QED) is 0.688. The molecule has 27 heavy (non-hydrogen) atoms. The van der Waals surface area contributed by atoms with Crippen LogP contribution in [0, 0.1) is 0 Å². The number of benzene rings is 1. The third kappa shape index (κ3) is 3.32. The number of para-hydroxylation sites is 2. The van der Waals surface area contributed by atoms with Crippen LogP contribution in [0.15, 0.2) is 47.1 Å². The summed E-state index contributed by atoms with van der Waals surface area (Å²) < 4.78 is 17.2. The van der Waals surface area contributed by atoms with E-state index in [0.717, 1.165) is 41.5 Å². The van der Waals surface area contributed by atoms with Crippen LogP contribution in [0.25, 0.3) is 11.5 Å². The highest BCUT2D eigenvalue weighted by Crippen LogP contribution is 2.38. The number of hydrogen-bond acceptors (Lipinski definition) is 7. The summed E-state index contributed by atoms with van der Waals surface area (Å²) in [7, 11) is 1.99. The summed E-state index contributed by atoms with van der Waals surface area (Å²) in [6.07, 6.45) is 4.02. The van der Waals surface area contributed by atoms with Crippen molar-refractivity contribution in [3.05, 3.63) is 48.4 Å². The topological polar surface area (TPSA) is 73.5 Å². The summed E-state index contributed by atoms with van der Waals surface area (Å²) in [6.45, 7) is 1.19. The van der Waals surface area contributed by atoms with Crippen LogP contribution in [0.2, 0.25) is 0 Å². The smallest absolute Gasteiger partial charge is 0.259 e. The molecule has 2 aromatic heterocycles. The number of anilines is 1. The van der Waals surface area contributed by atoms with Crippen LogP contribution in [0.5, 0.6) is 11.5 Å². The number of hydrogen-bond donors (Lipinski definition) is 0. The van der Waals surface area contributed by atoms with Crippen LogP contribution >= 0.6 is 0 Å². The summed E-state index contributed by atoms with van der Waals surface area (Å²) in [5, 5.41) is 4.05. The van der Waals surface area contributed by atoms with Gasteiger partial charge in [-0.1, -0.05) is 17.3 Å². The highest BCUT2D eigenvalue weighted by molar-refractivity contribution is 5.54. The summed E-state index contributed by atoms with van der Waals surface area (Å²) in [5.74, 6) is 4.24. The SMILES string of the molecule is CN(C[C@@H]1COc2ccccc2O1)c1ccc(-c2nc(C3CC3)no2)cn1. The van der Waals surface area contributed by atoms with Crippen molar-refractivity contribution >= 4 is 5.82 Å². The second kappa shape index (κ2) is 6.57. The average Bonchev–Trinajstić information content (AvgIpc) is 3.45. The van der Waals surface area contributed by atoms with E-state index in [1.807, 2.05) is 43.4 Å². The first-order valence-electron chi connectivity index (χ1n) is 9.16. The summed E-state index contributed by atoms with van der Waals surface area (Å²) in [5.41, 5.74) is 0.831. The maximum atomic E-state index is 6.02. The van der Waals surface area contributed by atoms with E-state index >= 15 is 0 Å². The van der Waals surface area contributed by atoms with Gasteiger partial charge in [0.25, 0.3) is 5.89 Å². The zero-order chi connectivity index (χ0) is 18.2. The molecular weight excluding hydrogens is 344 g/mol. The van der Waals surface area contributed by atoms with Crippen molar-refractivity contribution in [1.82, 2.24) is 15.1 Å². The van der Waals surface area contributed by atoms with Gasteiger partial charge in [-0.25, -0.2) is 4.98 Å². The van der Waals surface area contributed by atoms with Gasteiger partial charge in [-0.3, -0.25) is 0 Å². The lowest BCUT2D eigenvalue weighted by Crippen LogP contribution is -2.39. The van der Waals surface area contributed by atoms with Gasteiger partial charge >= 0.3 is 0 Å². The fourth-order valence-electron chi connectivity index (χ4n) is 3.15. The van der Waals surface area contributed by atoms with Gasteiger partial charge in [0.1, 0.15) is 12.4 Å². The Hall–Kier alpha value is -3.09. The molecule has 138 valence electrons. The molecule has 0 saturated heterocycles. The first kappa shape index (κ1) is 16.1. The minimum atomic E-state index is -0.0524. The van der Waals surface area contributed by atoms with Crippen LogP contribution in [-0.2, 0) is 0 Å². The first-order chi connectivity index (χ1) is 13.3. The Balaban J connectivity index is 1.24. The molecule has 7 nitrogen and oxygen atoms in total. The lowest BCUT2D eigenvalue weighted by molar-refractivity contribution is 0.0959. The van der Waals surface area contributed by atoms with Crippen molar-refractivity contribution in [2.45, 2.75) is 24.9 Å². The molecule has 0 radical (unpaired) electrons. The number of rotatable bonds is 5. The van der Waals surface area contributed by atoms with E-state index in [4.69, 9.17) is 14.0 Å². The second-order valence-corrected chi connectivity index (χ2v) is 7.02. The molecule has 1 aromatic carbocycles. The molecule has 3 aromatic rings. The summed E-state index contributed by atoms with van der Waals surface area (Å²) in [4.78, 5) is 11.1. The van der Waals surface area contributed by atoms with Gasteiger partial charge in [-0.2, -0.15) is 4.98 Å².